The molecule has 0 bridgehead atoms. The standard InChI is InChI=1S/C21H22ClN3O4S/c1-14-8-9-17(22)12-19(14)30(26,27)25-10-4-6-16(13-25)21-23-20(24-29-21)15-5-3-7-18(11-15)28-2/h3,5,7-9,11-12,16H,4,6,10,13H2,1-2H3/t16-/m0/s1. The van der Waals surface area contributed by atoms with Crippen LogP contribution >= 0.6 is 11.6 Å². The van der Waals surface area contributed by atoms with Crippen LogP contribution in [0.3, 0.4) is 0 Å². The van der Waals surface area contributed by atoms with Crippen LogP contribution in [-0.2, 0) is 10.0 Å². The maximum Gasteiger partial charge on any atom is 0.243 e. The lowest BCUT2D eigenvalue weighted by atomic mass is 10.00. The Balaban J connectivity index is 1.57. The second-order valence-electron chi connectivity index (χ2n) is 7.30. The zero-order chi connectivity index (χ0) is 21.3. The lowest BCUT2D eigenvalue weighted by Crippen LogP contribution is -2.39. The number of rotatable bonds is 5. The van der Waals surface area contributed by atoms with Crippen molar-refractivity contribution in [3.63, 3.8) is 0 Å². The van der Waals surface area contributed by atoms with Crippen molar-refractivity contribution in [2.24, 2.45) is 0 Å². The summed E-state index contributed by atoms with van der Waals surface area (Å²) in [7, 11) is -2.07. The molecule has 1 aliphatic rings. The first-order valence-corrected chi connectivity index (χ1v) is 11.4. The predicted octanol–water partition coefficient (Wildman–Crippen LogP) is 4.28. The molecule has 0 amide bonds. The Kier molecular flexibility index (Phi) is 5.81. The average Bonchev–Trinajstić information content (AvgIpc) is 3.26. The molecule has 1 aromatic heterocycles. The number of methoxy groups -OCH3 is 1. The summed E-state index contributed by atoms with van der Waals surface area (Å²) in [6.45, 7) is 2.50. The summed E-state index contributed by atoms with van der Waals surface area (Å²) in [6.07, 6.45) is 1.49. The summed E-state index contributed by atoms with van der Waals surface area (Å²) < 4.78 is 38.7. The summed E-state index contributed by atoms with van der Waals surface area (Å²) >= 11 is 6.04. The van der Waals surface area contributed by atoms with Crippen LogP contribution in [0.25, 0.3) is 11.4 Å². The molecule has 9 heteroatoms. The zero-order valence-electron chi connectivity index (χ0n) is 16.7. The maximum absolute atomic E-state index is 13.2. The fourth-order valence-corrected chi connectivity index (χ4v) is 5.65. The Morgan fingerprint density at radius 3 is 2.87 bits per heavy atom. The van der Waals surface area contributed by atoms with Gasteiger partial charge in [-0.3, -0.25) is 0 Å². The van der Waals surface area contributed by atoms with Crippen molar-refractivity contribution in [2.75, 3.05) is 20.2 Å². The summed E-state index contributed by atoms with van der Waals surface area (Å²) in [4.78, 5) is 4.76. The minimum atomic E-state index is -3.67. The number of hydrogen-bond acceptors (Lipinski definition) is 6. The number of nitrogens with zero attached hydrogens (tertiary/aromatic N) is 3. The molecule has 0 N–H and O–H groups in total. The Morgan fingerprint density at radius 1 is 1.23 bits per heavy atom. The largest absolute Gasteiger partial charge is 0.497 e. The number of benzene rings is 2. The lowest BCUT2D eigenvalue weighted by Gasteiger charge is -2.30. The van der Waals surface area contributed by atoms with Gasteiger partial charge >= 0.3 is 0 Å². The van der Waals surface area contributed by atoms with Crippen molar-refractivity contribution in [1.82, 2.24) is 14.4 Å². The zero-order valence-corrected chi connectivity index (χ0v) is 18.3. The number of ether oxygens (including phenoxy) is 1. The molecule has 0 spiro atoms. The van der Waals surface area contributed by atoms with Crippen molar-refractivity contribution in [1.29, 1.82) is 0 Å². The molecule has 1 fully saturated rings. The van der Waals surface area contributed by atoms with Crippen molar-refractivity contribution < 1.29 is 17.7 Å². The van der Waals surface area contributed by atoms with E-state index in [0.29, 0.717) is 41.0 Å². The van der Waals surface area contributed by atoms with Crippen LogP contribution in [0, 0.1) is 6.92 Å². The maximum atomic E-state index is 13.2. The van der Waals surface area contributed by atoms with Crippen molar-refractivity contribution in [2.45, 2.75) is 30.6 Å². The Hall–Kier alpha value is -2.42. The number of aryl methyl sites for hydroxylation is 1. The summed E-state index contributed by atoms with van der Waals surface area (Å²) in [5.74, 6) is 1.43. The Morgan fingerprint density at radius 2 is 2.07 bits per heavy atom. The van der Waals surface area contributed by atoms with Gasteiger partial charge in [-0.1, -0.05) is 35.0 Å². The second-order valence-corrected chi connectivity index (χ2v) is 9.64. The van der Waals surface area contributed by atoms with E-state index < -0.39 is 10.0 Å². The number of halogens is 1. The van der Waals surface area contributed by atoms with Crippen LogP contribution in [0.4, 0.5) is 0 Å². The normalized spacial score (nSPS) is 17.8. The summed E-state index contributed by atoms with van der Waals surface area (Å²) in [5.41, 5.74) is 1.44. The van der Waals surface area contributed by atoms with E-state index in [1.165, 1.54) is 10.4 Å². The predicted molar refractivity (Wildman–Crippen MR) is 113 cm³/mol. The third-order valence-corrected chi connectivity index (χ3v) is 7.51. The molecule has 1 saturated heterocycles. The van der Waals surface area contributed by atoms with Crippen LogP contribution in [0.1, 0.15) is 30.2 Å². The minimum Gasteiger partial charge on any atom is -0.497 e. The van der Waals surface area contributed by atoms with Gasteiger partial charge in [-0.05, 0) is 49.6 Å². The SMILES string of the molecule is COc1cccc(-c2noc([C@H]3CCCN(S(=O)(=O)c4cc(Cl)ccc4C)C3)n2)c1. The first kappa shape index (κ1) is 20.8. The molecule has 0 aliphatic carbocycles. The molecule has 3 aromatic rings. The molecule has 1 aliphatic heterocycles. The third-order valence-electron chi connectivity index (χ3n) is 5.27. The van der Waals surface area contributed by atoms with Gasteiger partial charge in [0, 0.05) is 23.7 Å². The van der Waals surface area contributed by atoms with Gasteiger partial charge in [-0.2, -0.15) is 9.29 Å². The highest BCUT2D eigenvalue weighted by Crippen LogP contribution is 2.32. The van der Waals surface area contributed by atoms with Crippen molar-refractivity contribution in [3.8, 4) is 17.1 Å². The van der Waals surface area contributed by atoms with E-state index in [-0.39, 0.29) is 17.4 Å². The van der Waals surface area contributed by atoms with Crippen molar-refractivity contribution >= 4 is 21.6 Å². The fourth-order valence-electron chi connectivity index (χ4n) is 3.63. The molecular weight excluding hydrogens is 426 g/mol. The van der Waals surface area contributed by atoms with Gasteiger partial charge < -0.3 is 9.26 Å². The van der Waals surface area contributed by atoms with Gasteiger partial charge in [0.2, 0.25) is 21.7 Å². The van der Waals surface area contributed by atoms with Gasteiger partial charge in [0.25, 0.3) is 0 Å². The van der Waals surface area contributed by atoms with E-state index in [1.807, 2.05) is 24.3 Å². The molecular formula is C21H22ClN3O4S. The van der Waals surface area contributed by atoms with E-state index in [0.717, 1.165) is 12.0 Å². The fraction of sp³-hybridized carbons (Fsp3) is 0.333. The third kappa shape index (κ3) is 4.08. The highest BCUT2D eigenvalue weighted by Gasteiger charge is 2.34. The van der Waals surface area contributed by atoms with Crippen LogP contribution < -0.4 is 4.74 Å². The highest BCUT2D eigenvalue weighted by atomic mass is 35.5. The number of hydrogen-bond donors (Lipinski definition) is 0. The first-order valence-electron chi connectivity index (χ1n) is 9.63. The Labute approximate surface area is 180 Å². The molecule has 30 heavy (non-hydrogen) atoms. The van der Waals surface area contributed by atoms with E-state index in [4.69, 9.17) is 20.9 Å². The van der Waals surface area contributed by atoms with Crippen molar-refractivity contribution in [3.05, 3.63) is 58.9 Å². The summed E-state index contributed by atoms with van der Waals surface area (Å²) in [5, 5.41) is 4.48. The van der Waals surface area contributed by atoms with Crippen LogP contribution in [-0.4, -0.2) is 43.1 Å². The van der Waals surface area contributed by atoms with E-state index in [2.05, 4.69) is 10.1 Å². The van der Waals surface area contributed by atoms with Crippen LogP contribution in [0.5, 0.6) is 5.75 Å². The quantitative estimate of drug-likeness (QED) is 0.580. The monoisotopic (exact) mass is 447 g/mol. The molecule has 1 atom stereocenters. The van der Waals surface area contributed by atoms with Gasteiger partial charge in [-0.15, -0.1) is 0 Å². The molecule has 4 rings (SSSR count). The molecule has 0 saturated carbocycles. The highest BCUT2D eigenvalue weighted by molar-refractivity contribution is 7.89. The van der Waals surface area contributed by atoms with E-state index in [9.17, 15) is 8.42 Å². The molecule has 2 heterocycles. The smallest absolute Gasteiger partial charge is 0.243 e. The van der Waals surface area contributed by atoms with Gasteiger partial charge in [0.05, 0.1) is 17.9 Å². The number of piperidine rings is 1. The average molecular weight is 448 g/mol. The van der Waals surface area contributed by atoms with Gasteiger partial charge in [0.1, 0.15) is 5.75 Å². The molecule has 2 aromatic carbocycles. The van der Waals surface area contributed by atoms with Gasteiger partial charge in [-0.25, -0.2) is 8.42 Å². The molecule has 158 valence electrons. The summed E-state index contributed by atoms with van der Waals surface area (Å²) in [6, 6.07) is 12.3. The van der Waals surface area contributed by atoms with E-state index >= 15 is 0 Å². The van der Waals surface area contributed by atoms with Gasteiger partial charge in [0.15, 0.2) is 0 Å². The second kappa shape index (κ2) is 8.37. The van der Waals surface area contributed by atoms with E-state index in [1.54, 1.807) is 26.2 Å². The minimum absolute atomic E-state index is 0.167. The van der Waals surface area contributed by atoms with Crippen LogP contribution in [0.15, 0.2) is 51.9 Å². The molecule has 7 nitrogen and oxygen atoms in total. The lowest BCUT2D eigenvalue weighted by molar-refractivity contribution is 0.265. The number of sulfonamides is 1. The molecule has 0 radical (unpaired) electrons. The number of aromatic nitrogens is 2. The topological polar surface area (TPSA) is 85.5 Å². The Bertz CT molecular complexity index is 1160. The molecule has 0 unspecified atom stereocenters. The first-order chi connectivity index (χ1) is 14.4. The van der Waals surface area contributed by atoms with Crippen LogP contribution in [0.2, 0.25) is 5.02 Å².